The number of carbonyl (C=O) groups excluding carboxylic acids is 1. The van der Waals surface area contributed by atoms with Gasteiger partial charge in [-0.05, 0) is 26.9 Å². The van der Waals surface area contributed by atoms with Crippen LogP contribution in [0.25, 0.3) is 0 Å². The van der Waals surface area contributed by atoms with Gasteiger partial charge in [-0.1, -0.05) is 46.5 Å². The normalized spacial score (nSPS) is 11.9. The molecular formula is C15H32N2O. The predicted molar refractivity (Wildman–Crippen MR) is 78.7 cm³/mol. The van der Waals surface area contributed by atoms with Crippen molar-refractivity contribution in [1.82, 2.24) is 10.2 Å². The van der Waals surface area contributed by atoms with Gasteiger partial charge in [0.2, 0.25) is 5.91 Å². The van der Waals surface area contributed by atoms with Crippen LogP contribution in [0.15, 0.2) is 0 Å². The van der Waals surface area contributed by atoms with Gasteiger partial charge in [0.05, 0.1) is 0 Å². The molecule has 108 valence electrons. The Hall–Kier alpha value is -0.570. The molecule has 0 fully saturated rings. The molecule has 18 heavy (non-hydrogen) atoms. The van der Waals surface area contributed by atoms with Crippen molar-refractivity contribution in [2.75, 3.05) is 27.2 Å². The zero-order chi connectivity index (χ0) is 14.0. The van der Waals surface area contributed by atoms with Crippen LogP contribution in [0.5, 0.6) is 0 Å². The Balaban J connectivity index is 4.29. The summed E-state index contributed by atoms with van der Waals surface area (Å²) in [4.78, 5) is 14.4. The van der Waals surface area contributed by atoms with E-state index in [0.29, 0.717) is 0 Å². The van der Waals surface area contributed by atoms with E-state index in [2.05, 4.69) is 31.0 Å². The van der Waals surface area contributed by atoms with E-state index in [1.807, 2.05) is 14.1 Å². The summed E-state index contributed by atoms with van der Waals surface area (Å²) in [5.41, 5.74) is -0.168. The van der Waals surface area contributed by atoms with Crippen molar-refractivity contribution in [1.29, 1.82) is 0 Å². The summed E-state index contributed by atoms with van der Waals surface area (Å²) in [5, 5.41) is 3.09. The zero-order valence-electron chi connectivity index (χ0n) is 13.0. The van der Waals surface area contributed by atoms with Crippen LogP contribution in [0, 0.1) is 5.41 Å². The van der Waals surface area contributed by atoms with Crippen molar-refractivity contribution >= 4 is 5.91 Å². The quantitative estimate of drug-likeness (QED) is 0.651. The second kappa shape index (κ2) is 9.37. The third-order valence-electron chi connectivity index (χ3n) is 3.56. The summed E-state index contributed by atoms with van der Waals surface area (Å²) in [7, 11) is 4.05. The van der Waals surface area contributed by atoms with E-state index in [1.165, 1.54) is 0 Å². The molecule has 0 atom stereocenters. The second-order valence-corrected chi connectivity index (χ2v) is 5.83. The monoisotopic (exact) mass is 256 g/mol. The molecule has 3 nitrogen and oxygen atoms in total. The first kappa shape index (κ1) is 17.4. The maximum absolute atomic E-state index is 12.3. The molecule has 0 saturated heterocycles. The zero-order valence-corrected chi connectivity index (χ0v) is 13.0. The van der Waals surface area contributed by atoms with Gasteiger partial charge in [0, 0.05) is 18.5 Å². The summed E-state index contributed by atoms with van der Waals surface area (Å²) >= 11 is 0. The summed E-state index contributed by atoms with van der Waals surface area (Å²) < 4.78 is 0. The lowest BCUT2D eigenvalue weighted by atomic mass is 9.79. The van der Waals surface area contributed by atoms with Crippen LogP contribution in [0.4, 0.5) is 0 Å². The highest BCUT2D eigenvalue weighted by Gasteiger charge is 2.31. The van der Waals surface area contributed by atoms with E-state index >= 15 is 0 Å². The Morgan fingerprint density at radius 1 is 1.11 bits per heavy atom. The van der Waals surface area contributed by atoms with Crippen LogP contribution in [-0.4, -0.2) is 38.0 Å². The summed E-state index contributed by atoms with van der Waals surface area (Å²) in [6.07, 6.45) is 6.62. The Bertz CT molecular complexity index is 219. The summed E-state index contributed by atoms with van der Waals surface area (Å²) in [6, 6.07) is 0. The van der Waals surface area contributed by atoms with Gasteiger partial charge in [-0.25, -0.2) is 0 Å². The molecule has 0 unspecified atom stereocenters. The van der Waals surface area contributed by atoms with Crippen LogP contribution >= 0.6 is 0 Å². The van der Waals surface area contributed by atoms with E-state index in [0.717, 1.165) is 51.6 Å². The van der Waals surface area contributed by atoms with Gasteiger partial charge in [-0.3, -0.25) is 4.79 Å². The third kappa shape index (κ3) is 7.00. The first-order chi connectivity index (χ1) is 8.46. The number of nitrogens with one attached hydrogen (secondary N) is 1. The number of carbonyl (C=O) groups is 1. The minimum absolute atomic E-state index is 0.168. The number of nitrogens with zero attached hydrogens (tertiary/aromatic N) is 1. The molecule has 0 spiro atoms. The van der Waals surface area contributed by atoms with Crippen LogP contribution in [0.3, 0.4) is 0 Å². The molecular weight excluding hydrogens is 224 g/mol. The van der Waals surface area contributed by atoms with Gasteiger partial charge in [-0.15, -0.1) is 0 Å². The average molecular weight is 256 g/mol. The lowest BCUT2D eigenvalue weighted by Gasteiger charge is -2.28. The molecule has 1 amide bonds. The molecule has 0 rings (SSSR count). The standard InChI is InChI=1S/C15H32N2O/c1-6-8-10-15(3,11-9-7-2)14(18)16-12-13-17(4)5/h6-13H2,1-5H3,(H,16,18). The number of amides is 1. The number of hydrogen-bond donors (Lipinski definition) is 1. The largest absolute Gasteiger partial charge is 0.354 e. The summed E-state index contributed by atoms with van der Waals surface area (Å²) in [5.74, 6) is 0.242. The van der Waals surface area contributed by atoms with Gasteiger partial charge < -0.3 is 10.2 Å². The summed E-state index contributed by atoms with van der Waals surface area (Å²) in [6.45, 7) is 8.15. The number of likely N-dealkylation sites (N-methyl/N-ethyl adjacent to an activating group) is 1. The molecule has 0 aromatic rings. The van der Waals surface area contributed by atoms with Crippen LogP contribution in [0.1, 0.15) is 59.3 Å². The lowest BCUT2D eigenvalue weighted by molar-refractivity contribution is -0.131. The van der Waals surface area contributed by atoms with Crippen LogP contribution in [0.2, 0.25) is 0 Å². The van der Waals surface area contributed by atoms with Crippen molar-refractivity contribution < 1.29 is 4.79 Å². The fourth-order valence-corrected chi connectivity index (χ4v) is 2.09. The number of unbranched alkanes of at least 4 members (excludes halogenated alkanes) is 2. The molecule has 1 N–H and O–H groups in total. The fourth-order valence-electron chi connectivity index (χ4n) is 2.09. The highest BCUT2D eigenvalue weighted by atomic mass is 16.2. The van der Waals surface area contributed by atoms with E-state index in [1.54, 1.807) is 0 Å². The molecule has 0 aliphatic heterocycles. The molecule has 0 aromatic carbocycles. The third-order valence-corrected chi connectivity index (χ3v) is 3.56. The smallest absolute Gasteiger partial charge is 0.225 e. The molecule has 0 bridgehead atoms. The van der Waals surface area contributed by atoms with Crippen LogP contribution in [-0.2, 0) is 4.79 Å². The molecule has 0 aromatic heterocycles. The topological polar surface area (TPSA) is 32.3 Å². The van der Waals surface area contributed by atoms with Crippen molar-refractivity contribution in [3.63, 3.8) is 0 Å². The second-order valence-electron chi connectivity index (χ2n) is 5.83. The van der Waals surface area contributed by atoms with Crippen molar-refractivity contribution in [2.24, 2.45) is 5.41 Å². The highest BCUT2D eigenvalue weighted by molar-refractivity contribution is 5.82. The van der Waals surface area contributed by atoms with Crippen molar-refractivity contribution in [3.8, 4) is 0 Å². The Labute approximate surface area is 113 Å². The Kier molecular flexibility index (Phi) is 9.08. The maximum atomic E-state index is 12.3. The predicted octanol–water partition coefficient (Wildman–Crippen LogP) is 3.05. The lowest BCUT2D eigenvalue weighted by Crippen LogP contribution is -2.41. The SMILES string of the molecule is CCCCC(C)(CCCC)C(=O)NCCN(C)C. The average Bonchev–Trinajstić information content (AvgIpc) is 2.33. The van der Waals surface area contributed by atoms with E-state index in [9.17, 15) is 4.79 Å². The molecule has 3 heteroatoms. The maximum Gasteiger partial charge on any atom is 0.225 e. The van der Waals surface area contributed by atoms with Crippen molar-refractivity contribution in [2.45, 2.75) is 59.3 Å². The first-order valence-electron chi connectivity index (χ1n) is 7.39. The van der Waals surface area contributed by atoms with Gasteiger partial charge in [-0.2, -0.15) is 0 Å². The first-order valence-corrected chi connectivity index (χ1v) is 7.39. The highest BCUT2D eigenvalue weighted by Crippen LogP contribution is 2.30. The minimum atomic E-state index is -0.168. The van der Waals surface area contributed by atoms with Gasteiger partial charge in [0.1, 0.15) is 0 Å². The van der Waals surface area contributed by atoms with Crippen LogP contribution < -0.4 is 5.32 Å². The fraction of sp³-hybridized carbons (Fsp3) is 0.933. The Morgan fingerprint density at radius 3 is 2.00 bits per heavy atom. The van der Waals surface area contributed by atoms with Gasteiger partial charge in [0.25, 0.3) is 0 Å². The molecule has 0 saturated carbocycles. The van der Waals surface area contributed by atoms with E-state index in [-0.39, 0.29) is 11.3 Å². The minimum Gasteiger partial charge on any atom is -0.354 e. The van der Waals surface area contributed by atoms with Gasteiger partial charge >= 0.3 is 0 Å². The van der Waals surface area contributed by atoms with E-state index < -0.39 is 0 Å². The Morgan fingerprint density at radius 2 is 1.61 bits per heavy atom. The van der Waals surface area contributed by atoms with Crippen molar-refractivity contribution in [3.05, 3.63) is 0 Å². The van der Waals surface area contributed by atoms with Gasteiger partial charge in [0.15, 0.2) is 0 Å². The molecule has 0 heterocycles. The molecule has 0 aliphatic carbocycles. The number of hydrogen-bond acceptors (Lipinski definition) is 2. The van der Waals surface area contributed by atoms with E-state index in [4.69, 9.17) is 0 Å². The molecule has 0 aliphatic rings. The number of rotatable bonds is 10. The molecule has 0 radical (unpaired) electrons.